The molecule has 0 aliphatic heterocycles. The number of amides is 1. The van der Waals surface area contributed by atoms with E-state index in [4.69, 9.17) is 4.42 Å². The number of likely N-dealkylation sites (N-methyl/N-ethyl adjacent to an activating group) is 1. The molecule has 0 bridgehead atoms. The summed E-state index contributed by atoms with van der Waals surface area (Å²) in [5.74, 6) is 0.536. The van der Waals surface area contributed by atoms with Gasteiger partial charge in [0.1, 0.15) is 6.26 Å². The van der Waals surface area contributed by atoms with Crippen LogP contribution in [0.3, 0.4) is 0 Å². The maximum atomic E-state index is 13.0. The Morgan fingerprint density at radius 1 is 0.963 bits per heavy atom. The fourth-order valence-corrected chi connectivity index (χ4v) is 3.28. The van der Waals surface area contributed by atoms with Crippen molar-refractivity contribution in [2.75, 3.05) is 11.4 Å². The van der Waals surface area contributed by atoms with Gasteiger partial charge in [0.15, 0.2) is 0 Å². The number of carbonyl (C=O) groups is 1. The second-order valence-electron chi connectivity index (χ2n) is 6.32. The number of aromatic nitrogens is 1. The molecular weight excluding hydrogens is 336 g/mol. The Morgan fingerprint density at radius 2 is 1.70 bits per heavy atom. The number of oxazole rings is 1. The molecule has 0 spiro atoms. The zero-order chi connectivity index (χ0) is 18.6. The van der Waals surface area contributed by atoms with E-state index in [9.17, 15) is 4.79 Å². The van der Waals surface area contributed by atoms with Gasteiger partial charge in [-0.3, -0.25) is 4.79 Å². The van der Waals surface area contributed by atoms with Gasteiger partial charge >= 0.3 is 0 Å². The molecule has 1 amide bonds. The predicted octanol–water partition coefficient (Wildman–Crippen LogP) is 5.09. The Labute approximate surface area is 158 Å². The second kappa shape index (κ2) is 7.46. The normalized spacial score (nSPS) is 10.9. The van der Waals surface area contributed by atoms with Gasteiger partial charge in [0.05, 0.1) is 17.8 Å². The van der Waals surface area contributed by atoms with Crippen molar-refractivity contribution in [1.29, 1.82) is 0 Å². The van der Waals surface area contributed by atoms with Gasteiger partial charge in [-0.15, -0.1) is 0 Å². The molecule has 0 aliphatic rings. The molecule has 4 nitrogen and oxygen atoms in total. The average Bonchev–Trinajstić information content (AvgIpc) is 3.18. The molecular formula is C23H20N2O2. The highest BCUT2D eigenvalue weighted by Crippen LogP contribution is 2.27. The molecule has 0 atom stereocenters. The Bertz CT molecular complexity index is 1060. The van der Waals surface area contributed by atoms with Crippen LogP contribution in [0.15, 0.2) is 83.5 Å². The zero-order valence-corrected chi connectivity index (χ0v) is 15.1. The zero-order valence-electron chi connectivity index (χ0n) is 15.1. The van der Waals surface area contributed by atoms with Crippen LogP contribution in [0.2, 0.25) is 0 Å². The van der Waals surface area contributed by atoms with Gasteiger partial charge in [-0.25, -0.2) is 4.98 Å². The summed E-state index contributed by atoms with van der Waals surface area (Å²) in [6, 6.07) is 23.8. The Kier molecular flexibility index (Phi) is 4.71. The quantitative estimate of drug-likeness (QED) is 0.500. The number of anilines is 1. The number of fused-ring (bicyclic) bond motifs is 1. The van der Waals surface area contributed by atoms with Gasteiger partial charge in [0.2, 0.25) is 11.8 Å². The third kappa shape index (κ3) is 3.47. The minimum absolute atomic E-state index is 0.00163. The molecule has 27 heavy (non-hydrogen) atoms. The molecule has 134 valence electrons. The number of benzene rings is 3. The minimum atomic E-state index is 0.00163. The molecule has 0 saturated carbocycles. The van der Waals surface area contributed by atoms with E-state index in [2.05, 4.69) is 17.1 Å². The second-order valence-corrected chi connectivity index (χ2v) is 6.32. The highest BCUT2D eigenvalue weighted by Gasteiger charge is 2.18. The molecule has 3 aromatic carbocycles. The standard InChI is InChI=1S/C23H20N2O2/c1-2-25(21-14-8-12-17-9-6-7-13-20(17)21)22(26)15-19-16-27-23(24-19)18-10-4-3-5-11-18/h3-14,16H,2,15H2,1H3. The van der Waals surface area contributed by atoms with Gasteiger partial charge in [0, 0.05) is 17.5 Å². The van der Waals surface area contributed by atoms with Crippen LogP contribution in [0.1, 0.15) is 12.6 Å². The molecule has 4 aromatic rings. The third-order valence-electron chi connectivity index (χ3n) is 4.58. The van der Waals surface area contributed by atoms with E-state index >= 15 is 0 Å². The maximum Gasteiger partial charge on any atom is 0.233 e. The van der Waals surface area contributed by atoms with E-state index in [1.165, 1.54) is 0 Å². The molecule has 1 aromatic heterocycles. The highest BCUT2D eigenvalue weighted by molar-refractivity contribution is 6.04. The molecule has 0 unspecified atom stereocenters. The minimum Gasteiger partial charge on any atom is -0.444 e. The molecule has 0 aliphatic carbocycles. The fraction of sp³-hybridized carbons (Fsp3) is 0.130. The number of rotatable bonds is 5. The van der Waals surface area contributed by atoms with Crippen LogP contribution >= 0.6 is 0 Å². The van der Waals surface area contributed by atoms with Crippen LogP contribution in [0.25, 0.3) is 22.2 Å². The summed E-state index contributed by atoms with van der Waals surface area (Å²) < 4.78 is 5.56. The topological polar surface area (TPSA) is 46.3 Å². The van der Waals surface area contributed by atoms with Crippen LogP contribution in [0.5, 0.6) is 0 Å². The van der Waals surface area contributed by atoms with Gasteiger partial charge < -0.3 is 9.32 Å². The van der Waals surface area contributed by atoms with Gasteiger partial charge in [-0.1, -0.05) is 54.6 Å². The summed E-state index contributed by atoms with van der Waals surface area (Å²) in [4.78, 5) is 19.3. The summed E-state index contributed by atoms with van der Waals surface area (Å²) in [5.41, 5.74) is 2.46. The SMILES string of the molecule is CCN(C(=O)Cc1coc(-c2ccccc2)n1)c1cccc2ccccc12. The van der Waals surface area contributed by atoms with Crippen molar-refractivity contribution in [1.82, 2.24) is 4.98 Å². The van der Waals surface area contributed by atoms with Crippen molar-refractivity contribution in [3.63, 3.8) is 0 Å². The van der Waals surface area contributed by atoms with E-state index in [0.29, 0.717) is 18.1 Å². The maximum absolute atomic E-state index is 13.0. The molecule has 1 heterocycles. The molecule has 0 saturated heterocycles. The molecule has 4 rings (SSSR count). The van der Waals surface area contributed by atoms with Crippen molar-refractivity contribution < 1.29 is 9.21 Å². The van der Waals surface area contributed by atoms with Crippen molar-refractivity contribution in [2.45, 2.75) is 13.3 Å². The molecule has 0 N–H and O–H groups in total. The van der Waals surface area contributed by atoms with Crippen LogP contribution in [0.4, 0.5) is 5.69 Å². The van der Waals surface area contributed by atoms with Crippen LogP contribution in [0, 0.1) is 0 Å². The highest BCUT2D eigenvalue weighted by atomic mass is 16.3. The first-order valence-electron chi connectivity index (χ1n) is 9.04. The van der Waals surface area contributed by atoms with E-state index in [-0.39, 0.29) is 12.3 Å². The predicted molar refractivity (Wildman–Crippen MR) is 108 cm³/mol. The van der Waals surface area contributed by atoms with Crippen molar-refractivity contribution in [3.05, 3.63) is 84.8 Å². The van der Waals surface area contributed by atoms with E-state index in [0.717, 1.165) is 22.0 Å². The largest absolute Gasteiger partial charge is 0.444 e. The summed E-state index contributed by atoms with van der Waals surface area (Å²) in [6.07, 6.45) is 1.77. The Hall–Kier alpha value is -3.40. The third-order valence-corrected chi connectivity index (χ3v) is 4.58. The summed E-state index contributed by atoms with van der Waals surface area (Å²) in [5, 5.41) is 2.19. The van der Waals surface area contributed by atoms with Crippen LogP contribution in [-0.4, -0.2) is 17.4 Å². The molecule has 0 radical (unpaired) electrons. The van der Waals surface area contributed by atoms with Crippen LogP contribution in [-0.2, 0) is 11.2 Å². The lowest BCUT2D eigenvalue weighted by atomic mass is 10.1. The number of nitrogens with zero attached hydrogens (tertiary/aromatic N) is 2. The molecule has 4 heteroatoms. The van der Waals surface area contributed by atoms with E-state index < -0.39 is 0 Å². The van der Waals surface area contributed by atoms with Gasteiger partial charge in [-0.2, -0.15) is 0 Å². The van der Waals surface area contributed by atoms with E-state index in [1.54, 1.807) is 11.2 Å². The fourth-order valence-electron chi connectivity index (χ4n) is 3.28. The summed E-state index contributed by atoms with van der Waals surface area (Å²) in [7, 11) is 0. The van der Waals surface area contributed by atoms with Crippen molar-refractivity contribution in [2.24, 2.45) is 0 Å². The van der Waals surface area contributed by atoms with Gasteiger partial charge in [-0.05, 0) is 30.5 Å². The molecule has 0 fully saturated rings. The van der Waals surface area contributed by atoms with E-state index in [1.807, 2.05) is 67.6 Å². The van der Waals surface area contributed by atoms with Crippen molar-refractivity contribution in [3.8, 4) is 11.5 Å². The number of carbonyl (C=O) groups excluding carboxylic acids is 1. The average molecular weight is 356 g/mol. The smallest absolute Gasteiger partial charge is 0.233 e. The van der Waals surface area contributed by atoms with Gasteiger partial charge in [0.25, 0.3) is 0 Å². The number of hydrogen-bond acceptors (Lipinski definition) is 3. The Balaban J connectivity index is 1.59. The first-order chi connectivity index (χ1) is 13.3. The lowest BCUT2D eigenvalue weighted by Crippen LogP contribution is -2.32. The first kappa shape index (κ1) is 17.0. The monoisotopic (exact) mass is 356 g/mol. The van der Waals surface area contributed by atoms with Crippen molar-refractivity contribution >= 4 is 22.4 Å². The first-order valence-corrected chi connectivity index (χ1v) is 9.04. The lowest BCUT2D eigenvalue weighted by Gasteiger charge is -2.22. The number of hydrogen-bond donors (Lipinski definition) is 0. The summed E-state index contributed by atoms with van der Waals surface area (Å²) >= 11 is 0. The van der Waals surface area contributed by atoms with Crippen LogP contribution < -0.4 is 4.90 Å². The summed E-state index contributed by atoms with van der Waals surface area (Å²) in [6.45, 7) is 2.58. The lowest BCUT2D eigenvalue weighted by molar-refractivity contribution is -0.118. The Morgan fingerprint density at radius 3 is 2.52 bits per heavy atom.